The Bertz CT molecular complexity index is 95.4. The van der Waals surface area contributed by atoms with Gasteiger partial charge in [-0.1, -0.05) is 13.8 Å². The summed E-state index contributed by atoms with van der Waals surface area (Å²) in [5, 5.41) is 0. The Balaban J connectivity index is 4.18. The molecular formula is C10H24P+. The van der Waals surface area contributed by atoms with Crippen LogP contribution in [0.3, 0.4) is 0 Å². The van der Waals surface area contributed by atoms with Crippen LogP contribution < -0.4 is 0 Å². The second kappa shape index (κ2) is 4.45. The van der Waals surface area contributed by atoms with Gasteiger partial charge in [0.1, 0.15) is 0 Å². The minimum Gasteiger partial charge on any atom is -0.0617 e. The maximum absolute atomic E-state index is 2.51. The van der Waals surface area contributed by atoms with Crippen molar-refractivity contribution >= 4 is 7.26 Å². The van der Waals surface area contributed by atoms with E-state index in [0.29, 0.717) is 0 Å². The second-order valence-electron chi connectivity index (χ2n) is 4.14. The summed E-state index contributed by atoms with van der Waals surface area (Å²) in [6.45, 7) is 14.5. The summed E-state index contributed by atoms with van der Waals surface area (Å²) < 4.78 is 0. The molecule has 0 rings (SSSR count). The van der Waals surface area contributed by atoms with E-state index in [1.807, 2.05) is 0 Å². The van der Waals surface area contributed by atoms with Gasteiger partial charge in [0.15, 0.2) is 0 Å². The van der Waals surface area contributed by atoms with E-state index in [1.165, 1.54) is 12.8 Å². The molecule has 0 saturated carbocycles. The molecule has 68 valence electrons. The van der Waals surface area contributed by atoms with E-state index >= 15 is 0 Å². The Hall–Kier alpha value is 0.430. The lowest BCUT2D eigenvalue weighted by atomic mass is 10.4. The summed E-state index contributed by atoms with van der Waals surface area (Å²) in [5.74, 6) is 0. The first kappa shape index (κ1) is 11.4. The molecule has 0 heterocycles. The van der Waals surface area contributed by atoms with E-state index in [9.17, 15) is 0 Å². The summed E-state index contributed by atoms with van der Waals surface area (Å²) >= 11 is 0. The number of hydrogen-bond donors (Lipinski definition) is 0. The van der Waals surface area contributed by atoms with Gasteiger partial charge < -0.3 is 0 Å². The van der Waals surface area contributed by atoms with Gasteiger partial charge in [0.25, 0.3) is 0 Å². The van der Waals surface area contributed by atoms with E-state index in [0.717, 1.165) is 11.3 Å². The first-order valence-corrected chi connectivity index (χ1v) is 7.62. The molecule has 0 bridgehead atoms. The molecule has 0 aromatic carbocycles. The van der Waals surface area contributed by atoms with E-state index in [1.54, 1.807) is 0 Å². The van der Waals surface area contributed by atoms with Crippen LogP contribution in [0.1, 0.15) is 40.5 Å². The van der Waals surface area contributed by atoms with Crippen molar-refractivity contribution in [1.29, 1.82) is 0 Å². The van der Waals surface area contributed by atoms with Crippen molar-refractivity contribution in [2.45, 2.75) is 51.9 Å². The first-order chi connectivity index (χ1) is 4.96. The summed E-state index contributed by atoms with van der Waals surface area (Å²) in [7, 11) is -0.625. The maximum atomic E-state index is 2.51. The minimum atomic E-state index is -0.625. The molecule has 0 N–H and O–H groups in total. The zero-order valence-corrected chi connectivity index (χ0v) is 9.91. The lowest BCUT2D eigenvalue weighted by Gasteiger charge is -2.29. The predicted octanol–water partition coefficient (Wildman–Crippen LogP) is 3.86. The highest BCUT2D eigenvalue weighted by Gasteiger charge is 2.36. The van der Waals surface area contributed by atoms with Gasteiger partial charge in [-0.05, 0) is 26.7 Å². The topological polar surface area (TPSA) is 0 Å². The molecule has 0 spiro atoms. The van der Waals surface area contributed by atoms with Crippen LogP contribution in [0.5, 0.6) is 0 Å². The van der Waals surface area contributed by atoms with Crippen LogP contribution >= 0.6 is 7.26 Å². The molecule has 0 aromatic rings. The van der Waals surface area contributed by atoms with Crippen LogP contribution in [0, 0.1) is 0 Å². The fourth-order valence-corrected chi connectivity index (χ4v) is 4.13. The van der Waals surface area contributed by atoms with Gasteiger partial charge in [-0.2, -0.15) is 0 Å². The van der Waals surface area contributed by atoms with Crippen LogP contribution in [0.25, 0.3) is 0 Å². The Kier molecular flexibility index (Phi) is 4.63. The molecular weight excluding hydrogens is 151 g/mol. The van der Waals surface area contributed by atoms with Crippen LogP contribution in [-0.4, -0.2) is 24.6 Å². The zero-order chi connectivity index (χ0) is 9.07. The molecule has 0 fully saturated rings. The first-order valence-electron chi connectivity index (χ1n) is 4.80. The zero-order valence-electron chi connectivity index (χ0n) is 9.02. The van der Waals surface area contributed by atoms with E-state index in [2.05, 4.69) is 41.0 Å². The molecule has 0 aliphatic rings. The minimum absolute atomic E-state index is 0.625. The summed E-state index contributed by atoms with van der Waals surface area (Å²) in [5.41, 5.74) is 1.91. The Morgan fingerprint density at radius 3 is 1.36 bits per heavy atom. The standard InChI is InChI=1S/C10H24P/c1-7-9(3)11(5,6)10(4)8-2/h9-10H,7-8H2,1-6H3/q+1. The molecule has 0 aromatic heterocycles. The molecule has 1 heteroatoms. The van der Waals surface area contributed by atoms with Crippen molar-refractivity contribution in [1.82, 2.24) is 0 Å². The molecule has 0 radical (unpaired) electrons. The van der Waals surface area contributed by atoms with Crippen LogP contribution in [0.4, 0.5) is 0 Å². The predicted molar refractivity (Wildman–Crippen MR) is 58.3 cm³/mol. The van der Waals surface area contributed by atoms with E-state index in [4.69, 9.17) is 0 Å². The van der Waals surface area contributed by atoms with E-state index in [-0.39, 0.29) is 0 Å². The highest BCUT2D eigenvalue weighted by Crippen LogP contribution is 2.61. The van der Waals surface area contributed by atoms with Crippen LogP contribution in [0.2, 0.25) is 0 Å². The largest absolute Gasteiger partial charge is 0.0664 e. The molecule has 11 heavy (non-hydrogen) atoms. The maximum Gasteiger partial charge on any atom is 0.0664 e. The van der Waals surface area contributed by atoms with Gasteiger partial charge in [-0.3, -0.25) is 0 Å². The highest BCUT2D eigenvalue weighted by atomic mass is 31.2. The van der Waals surface area contributed by atoms with Crippen molar-refractivity contribution < 1.29 is 0 Å². The molecule has 0 aliphatic carbocycles. The second-order valence-corrected chi connectivity index (χ2v) is 9.16. The highest BCUT2D eigenvalue weighted by molar-refractivity contribution is 7.75. The average molecular weight is 175 g/mol. The Morgan fingerprint density at radius 2 is 1.18 bits per heavy atom. The summed E-state index contributed by atoms with van der Waals surface area (Å²) in [6.07, 6.45) is 2.70. The van der Waals surface area contributed by atoms with Gasteiger partial charge in [0.05, 0.1) is 11.3 Å². The Morgan fingerprint density at radius 1 is 0.909 bits per heavy atom. The third-order valence-electron chi connectivity index (χ3n) is 3.45. The molecule has 0 saturated heterocycles. The molecule has 0 amide bonds. The SMILES string of the molecule is CCC(C)[P+](C)(C)C(C)CC. The van der Waals surface area contributed by atoms with Gasteiger partial charge in [-0.25, -0.2) is 0 Å². The van der Waals surface area contributed by atoms with Gasteiger partial charge in [0, 0.05) is 20.6 Å². The fraction of sp³-hybridized carbons (Fsp3) is 1.00. The van der Waals surface area contributed by atoms with Gasteiger partial charge in [0.2, 0.25) is 0 Å². The third kappa shape index (κ3) is 2.75. The molecule has 0 aliphatic heterocycles. The normalized spacial score (nSPS) is 18.0. The van der Waals surface area contributed by atoms with Gasteiger partial charge in [-0.15, -0.1) is 0 Å². The van der Waals surface area contributed by atoms with Crippen molar-refractivity contribution in [3.05, 3.63) is 0 Å². The average Bonchev–Trinajstić information content (AvgIpc) is 2.01. The van der Waals surface area contributed by atoms with Crippen LogP contribution in [-0.2, 0) is 0 Å². The third-order valence-corrected chi connectivity index (χ3v) is 8.73. The van der Waals surface area contributed by atoms with Crippen molar-refractivity contribution in [2.75, 3.05) is 13.3 Å². The lowest BCUT2D eigenvalue weighted by Crippen LogP contribution is -2.16. The lowest BCUT2D eigenvalue weighted by molar-refractivity contribution is 0.822. The monoisotopic (exact) mass is 175 g/mol. The molecule has 2 atom stereocenters. The summed E-state index contributed by atoms with van der Waals surface area (Å²) in [6, 6.07) is 0. The van der Waals surface area contributed by atoms with Crippen LogP contribution in [0.15, 0.2) is 0 Å². The Labute approximate surface area is 73.1 Å². The quantitative estimate of drug-likeness (QED) is 0.569. The number of rotatable bonds is 4. The number of hydrogen-bond acceptors (Lipinski definition) is 0. The van der Waals surface area contributed by atoms with Gasteiger partial charge >= 0.3 is 0 Å². The van der Waals surface area contributed by atoms with Crippen molar-refractivity contribution in [3.63, 3.8) is 0 Å². The van der Waals surface area contributed by atoms with Crippen molar-refractivity contribution in [2.24, 2.45) is 0 Å². The molecule has 2 unspecified atom stereocenters. The van der Waals surface area contributed by atoms with E-state index < -0.39 is 7.26 Å². The molecule has 0 nitrogen and oxygen atoms in total. The smallest absolute Gasteiger partial charge is 0.0617 e. The fourth-order valence-electron chi connectivity index (χ4n) is 1.38. The van der Waals surface area contributed by atoms with Crippen molar-refractivity contribution in [3.8, 4) is 0 Å². The summed E-state index contributed by atoms with van der Waals surface area (Å²) in [4.78, 5) is 0.